The zero-order valence-corrected chi connectivity index (χ0v) is 12.5. The molecule has 22 heavy (non-hydrogen) atoms. The Balaban J connectivity index is 1.61. The monoisotopic (exact) mass is 304 g/mol. The molecule has 0 atom stereocenters. The average Bonchev–Trinajstić information content (AvgIpc) is 3.09. The van der Waals surface area contributed by atoms with Crippen molar-refractivity contribution < 1.29 is 14.4 Å². The first-order chi connectivity index (χ1) is 10.6. The van der Waals surface area contributed by atoms with Crippen molar-refractivity contribution in [2.75, 3.05) is 19.6 Å². The highest BCUT2D eigenvalue weighted by molar-refractivity contribution is 6.09. The summed E-state index contributed by atoms with van der Waals surface area (Å²) in [5.41, 5.74) is -0.759. The molecule has 0 unspecified atom stereocenters. The molecule has 7 nitrogen and oxygen atoms in total. The maximum atomic E-state index is 12.5. The lowest BCUT2D eigenvalue weighted by molar-refractivity contribution is -0.139. The number of carbonyl (C=O) groups excluding carboxylic acids is 3. The lowest BCUT2D eigenvalue weighted by Gasteiger charge is -2.30. The maximum Gasteiger partial charge on any atom is 0.325 e. The molecule has 3 aliphatic rings. The predicted octanol–water partition coefficient (Wildman–Crippen LogP) is 0.613. The average molecular weight is 304 g/mol. The Bertz CT molecular complexity index is 539. The van der Waals surface area contributed by atoms with Crippen LogP contribution in [0.3, 0.4) is 0 Å². The number of nitrogens with one attached hydrogen (secondary N) is 1. The molecule has 1 saturated carbocycles. The number of hydrogen-bond donors (Lipinski definition) is 1. The third-order valence-corrected chi connectivity index (χ3v) is 5.03. The van der Waals surface area contributed by atoms with Crippen LogP contribution in [0, 0.1) is 17.2 Å². The smallest absolute Gasteiger partial charge is 0.325 e. The number of piperidine rings is 1. The van der Waals surface area contributed by atoms with Crippen LogP contribution < -0.4 is 5.32 Å². The first-order valence-electron chi connectivity index (χ1n) is 7.87. The van der Waals surface area contributed by atoms with Crippen LogP contribution in [0.1, 0.15) is 38.5 Å². The standard InChI is InChI=1S/C15H20N4O3/c16-9-11-3-7-18(8-4-11)12(20)10-19-13(21)15(17-14(19)22)5-1-2-6-15/h11H,1-8,10H2,(H,17,22). The second kappa shape index (κ2) is 5.59. The largest absolute Gasteiger partial charge is 0.341 e. The number of rotatable bonds is 2. The van der Waals surface area contributed by atoms with E-state index in [1.165, 1.54) is 0 Å². The molecule has 0 aromatic heterocycles. The van der Waals surface area contributed by atoms with Gasteiger partial charge < -0.3 is 10.2 Å². The summed E-state index contributed by atoms with van der Waals surface area (Å²) in [5, 5.41) is 11.7. The summed E-state index contributed by atoms with van der Waals surface area (Å²) in [7, 11) is 0. The van der Waals surface area contributed by atoms with Crippen molar-refractivity contribution in [1.82, 2.24) is 15.1 Å². The van der Waals surface area contributed by atoms with Gasteiger partial charge in [-0.15, -0.1) is 0 Å². The molecular formula is C15H20N4O3. The van der Waals surface area contributed by atoms with Gasteiger partial charge in [-0.25, -0.2) is 4.79 Å². The minimum absolute atomic E-state index is 0.00234. The van der Waals surface area contributed by atoms with Crippen LogP contribution in [-0.2, 0) is 9.59 Å². The molecule has 0 radical (unpaired) electrons. The van der Waals surface area contributed by atoms with Crippen LogP contribution >= 0.6 is 0 Å². The Morgan fingerprint density at radius 2 is 1.91 bits per heavy atom. The Morgan fingerprint density at radius 3 is 2.50 bits per heavy atom. The van der Waals surface area contributed by atoms with Gasteiger partial charge in [-0.3, -0.25) is 14.5 Å². The topological polar surface area (TPSA) is 93.5 Å². The molecule has 118 valence electrons. The van der Waals surface area contributed by atoms with E-state index in [2.05, 4.69) is 11.4 Å². The molecule has 0 aromatic rings. The van der Waals surface area contributed by atoms with Gasteiger partial charge in [0.25, 0.3) is 5.91 Å². The molecule has 0 bridgehead atoms. The number of imide groups is 1. The number of likely N-dealkylation sites (tertiary alicyclic amines) is 1. The Labute approximate surface area is 129 Å². The summed E-state index contributed by atoms with van der Waals surface area (Å²) >= 11 is 0. The van der Waals surface area contributed by atoms with Crippen molar-refractivity contribution in [1.29, 1.82) is 5.26 Å². The van der Waals surface area contributed by atoms with E-state index in [0.717, 1.165) is 17.7 Å². The highest BCUT2D eigenvalue weighted by Gasteiger charge is 2.52. The van der Waals surface area contributed by atoms with Gasteiger partial charge in [0.2, 0.25) is 5.91 Å². The normalized spacial score (nSPS) is 24.7. The molecule has 3 fully saturated rings. The lowest BCUT2D eigenvalue weighted by atomic mass is 9.98. The summed E-state index contributed by atoms with van der Waals surface area (Å²) in [6.45, 7) is 0.849. The molecule has 2 aliphatic heterocycles. The van der Waals surface area contributed by atoms with Gasteiger partial charge in [-0.05, 0) is 25.7 Å². The van der Waals surface area contributed by atoms with Crippen molar-refractivity contribution in [3.8, 4) is 6.07 Å². The minimum Gasteiger partial charge on any atom is -0.341 e. The van der Waals surface area contributed by atoms with E-state index in [4.69, 9.17) is 5.26 Å². The molecule has 2 saturated heterocycles. The summed E-state index contributed by atoms with van der Waals surface area (Å²) in [5.74, 6) is -0.465. The van der Waals surface area contributed by atoms with E-state index >= 15 is 0 Å². The quantitative estimate of drug-likeness (QED) is 0.756. The zero-order valence-electron chi connectivity index (χ0n) is 12.5. The third kappa shape index (κ3) is 2.43. The number of urea groups is 1. The lowest BCUT2D eigenvalue weighted by Crippen LogP contribution is -2.47. The van der Waals surface area contributed by atoms with Gasteiger partial charge in [-0.2, -0.15) is 5.26 Å². The second-order valence-electron chi connectivity index (χ2n) is 6.39. The van der Waals surface area contributed by atoms with Gasteiger partial charge in [0.1, 0.15) is 12.1 Å². The van der Waals surface area contributed by atoms with Crippen LogP contribution in [0.2, 0.25) is 0 Å². The van der Waals surface area contributed by atoms with Crippen molar-refractivity contribution in [3.05, 3.63) is 0 Å². The molecule has 3 rings (SSSR count). The number of carbonyl (C=O) groups is 3. The summed E-state index contributed by atoms with van der Waals surface area (Å²) in [4.78, 5) is 39.5. The summed E-state index contributed by atoms with van der Waals surface area (Å²) in [6, 6.07) is 1.77. The molecule has 4 amide bonds. The molecule has 0 aromatic carbocycles. The van der Waals surface area contributed by atoms with Crippen LogP contribution in [0.25, 0.3) is 0 Å². The minimum atomic E-state index is -0.759. The van der Waals surface area contributed by atoms with E-state index in [1.807, 2.05) is 0 Å². The van der Waals surface area contributed by atoms with E-state index in [9.17, 15) is 14.4 Å². The molecule has 1 aliphatic carbocycles. The highest BCUT2D eigenvalue weighted by atomic mass is 16.2. The van der Waals surface area contributed by atoms with Gasteiger partial charge in [0.15, 0.2) is 0 Å². The number of nitrogens with zero attached hydrogens (tertiary/aromatic N) is 3. The fourth-order valence-electron chi connectivity index (χ4n) is 3.63. The van der Waals surface area contributed by atoms with Crippen molar-refractivity contribution in [2.45, 2.75) is 44.1 Å². The molecule has 1 spiro atoms. The predicted molar refractivity (Wildman–Crippen MR) is 76.4 cm³/mol. The first-order valence-corrected chi connectivity index (χ1v) is 7.87. The Morgan fingerprint density at radius 1 is 1.27 bits per heavy atom. The van der Waals surface area contributed by atoms with Crippen LogP contribution in [0.5, 0.6) is 0 Å². The van der Waals surface area contributed by atoms with Crippen molar-refractivity contribution >= 4 is 17.8 Å². The third-order valence-electron chi connectivity index (χ3n) is 5.03. The fraction of sp³-hybridized carbons (Fsp3) is 0.733. The molecule has 1 N–H and O–H groups in total. The molecular weight excluding hydrogens is 284 g/mol. The number of hydrogen-bond acceptors (Lipinski definition) is 4. The van der Waals surface area contributed by atoms with Crippen LogP contribution in [0.4, 0.5) is 4.79 Å². The number of nitriles is 1. The van der Waals surface area contributed by atoms with Gasteiger partial charge in [0, 0.05) is 19.0 Å². The van der Waals surface area contributed by atoms with E-state index < -0.39 is 11.6 Å². The molecule has 7 heteroatoms. The summed E-state index contributed by atoms with van der Waals surface area (Å²) < 4.78 is 0. The zero-order chi connectivity index (χ0) is 15.7. The van der Waals surface area contributed by atoms with Gasteiger partial charge in [-0.1, -0.05) is 12.8 Å². The SMILES string of the molecule is N#CC1CCN(C(=O)CN2C(=O)NC3(CCCC3)C2=O)CC1. The van der Waals surface area contributed by atoms with Crippen molar-refractivity contribution in [2.24, 2.45) is 5.92 Å². The Kier molecular flexibility index (Phi) is 3.77. The van der Waals surface area contributed by atoms with Crippen LogP contribution in [-0.4, -0.2) is 52.8 Å². The van der Waals surface area contributed by atoms with Gasteiger partial charge in [0.05, 0.1) is 6.07 Å². The molecule has 2 heterocycles. The fourth-order valence-corrected chi connectivity index (χ4v) is 3.63. The van der Waals surface area contributed by atoms with Gasteiger partial charge >= 0.3 is 6.03 Å². The maximum absolute atomic E-state index is 12.5. The van der Waals surface area contributed by atoms with E-state index in [-0.39, 0.29) is 24.3 Å². The van der Waals surface area contributed by atoms with E-state index in [1.54, 1.807) is 4.90 Å². The highest BCUT2D eigenvalue weighted by Crippen LogP contribution is 2.35. The van der Waals surface area contributed by atoms with E-state index in [0.29, 0.717) is 38.8 Å². The van der Waals surface area contributed by atoms with Crippen molar-refractivity contribution in [3.63, 3.8) is 0 Å². The van der Waals surface area contributed by atoms with Crippen LogP contribution in [0.15, 0.2) is 0 Å². The summed E-state index contributed by atoms with van der Waals surface area (Å²) in [6.07, 6.45) is 4.50. The second-order valence-corrected chi connectivity index (χ2v) is 6.39. The Hall–Kier alpha value is -2.10. The first kappa shape index (κ1) is 14.8. The number of amides is 4.